The highest BCUT2D eigenvalue weighted by molar-refractivity contribution is 7.89. The summed E-state index contributed by atoms with van der Waals surface area (Å²) in [5, 5.41) is 3.38. The van der Waals surface area contributed by atoms with Crippen molar-refractivity contribution in [1.29, 1.82) is 0 Å². The van der Waals surface area contributed by atoms with Crippen molar-refractivity contribution in [2.45, 2.75) is 61.9 Å². The first-order valence-corrected chi connectivity index (χ1v) is 9.96. The van der Waals surface area contributed by atoms with E-state index >= 15 is 0 Å². The molecule has 2 fully saturated rings. The van der Waals surface area contributed by atoms with Gasteiger partial charge in [-0.15, -0.1) is 0 Å². The van der Waals surface area contributed by atoms with Crippen molar-refractivity contribution in [3.05, 3.63) is 29.3 Å². The van der Waals surface area contributed by atoms with E-state index in [2.05, 4.69) is 5.32 Å². The van der Waals surface area contributed by atoms with E-state index in [1.807, 2.05) is 22.5 Å². The molecule has 1 aromatic rings. The molecule has 4 rings (SSSR count). The van der Waals surface area contributed by atoms with Crippen molar-refractivity contribution in [1.82, 2.24) is 9.62 Å². The summed E-state index contributed by atoms with van der Waals surface area (Å²) in [6.45, 7) is 1.72. The van der Waals surface area contributed by atoms with E-state index in [9.17, 15) is 8.42 Å². The SMILES string of the molecule is O=S(=O)(c1ccc2c(c1)CCCC2)N1C2CCNCC1CC2. The first-order valence-electron chi connectivity index (χ1n) is 8.52. The maximum atomic E-state index is 13.2. The molecule has 2 bridgehead atoms. The molecule has 4 nitrogen and oxygen atoms in total. The van der Waals surface area contributed by atoms with Crippen LogP contribution in [0.5, 0.6) is 0 Å². The Morgan fingerprint density at radius 2 is 1.77 bits per heavy atom. The molecular formula is C17H24N2O2S. The van der Waals surface area contributed by atoms with E-state index in [1.54, 1.807) is 0 Å². The van der Waals surface area contributed by atoms with Gasteiger partial charge in [0.25, 0.3) is 0 Å². The number of rotatable bonds is 2. The Hall–Kier alpha value is -0.910. The first-order chi connectivity index (χ1) is 10.7. The Labute approximate surface area is 132 Å². The van der Waals surface area contributed by atoms with E-state index in [4.69, 9.17) is 0 Å². The Kier molecular flexibility index (Phi) is 3.75. The monoisotopic (exact) mass is 320 g/mol. The summed E-state index contributed by atoms with van der Waals surface area (Å²) in [4.78, 5) is 0.506. The molecule has 1 N–H and O–H groups in total. The third-order valence-electron chi connectivity index (χ3n) is 5.48. The van der Waals surface area contributed by atoms with Crippen LogP contribution in [0.3, 0.4) is 0 Å². The van der Waals surface area contributed by atoms with Crippen molar-refractivity contribution < 1.29 is 8.42 Å². The van der Waals surface area contributed by atoms with Gasteiger partial charge in [0, 0.05) is 18.6 Å². The highest BCUT2D eigenvalue weighted by Gasteiger charge is 2.43. The molecule has 0 amide bonds. The van der Waals surface area contributed by atoms with E-state index in [1.165, 1.54) is 24.0 Å². The van der Waals surface area contributed by atoms with Crippen LogP contribution in [0.1, 0.15) is 43.2 Å². The molecule has 2 aliphatic heterocycles. The topological polar surface area (TPSA) is 49.4 Å². The molecule has 0 spiro atoms. The zero-order valence-electron chi connectivity index (χ0n) is 12.9. The Bertz CT molecular complexity index is 657. The number of aryl methyl sites for hydroxylation is 2. The molecule has 120 valence electrons. The van der Waals surface area contributed by atoms with Gasteiger partial charge in [-0.25, -0.2) is 8.42 Å². The smallest absolute Gasteiger partial charge is 0.243 e. The van der Waals surface area contributed by atoms with Gasteiger partial charge < -0.3 is 5.32 Å². The summed E-state index contributed by atoms with van der Waals surface area (Å²) in [6.07, 6.45) is 7.44. The van der Waals surface area contributed by atoms with Gasteiger partial charge in [0.2, 0.25) is 10.0 Å². The summed E-state index contributed by atoms with van der Waals surface area (Å²) in [6, 6.07) is 6.13. The number of nitrogens with zero attached hydrogens (tertiary/aromatic N) is 1. The molecule has 2 unspecified atom stereocenters. The first kappa shape index (κ1) is 14.7. The summed E-state index contributed by atoms with van der Waals surface area (Å²) in [5.41, 5.74) is 2.58. The number of hydrogen-bond donors (Lipinski definition) is 1. The van der Waals surface area contributed by atoms with Crippen LogP contribution in [-0.4, -0.2) is 37.9 Å². The van der Waals surface area contributed by atoms with Gasteiger partial charge in [-0.1, -0.05) is 6.07 Å². The second kappa shape index (κ2) is 5.62. The largest absolute Gasteiger partial charge is 0.315 e. The fourth-order valence-corrected chi connectivity index (χ4v) is 6.27. The van der Waals surface area contributed by atoms with Gasteiger partial charge in [0.05, 0.1) is 4.90 Å². The Morgan fingerprint density at radius 3 is 2.64 bits per heavy atom. The molecule has 1 aliphatic carbocycles. The average Bonchev–Trinajstić information content (AvgIpc) is 2.80. The molecule has 5 heteroatoms. The number of hydrogen-bond acceptors (Lipinski definition) is 3. The van der Waals surface area contributed by atoms with Crippen molar-refractivity contribution >= 4 is 10.0 Å². The number of fused-ring (bicyclic) bond motifs is 3. The standard InChI is InChI=1S/C17H24N2O2S/c20-22(21,19-15-6-7-16(19)12-18-10-9-15)17-8-5-13-3-1-2-4-14(13)11-17/h5,8,11,15-16,18H,1-4,6-7,9-10,12H2. The van der Waals surface area contributed by atoms with Crippen molar-refractivity contribution in [2.75, 3.05) is 13.1 Å². The van der Waals surface area contributed by atoms with Gasteiger partial charge in [-0.05, 0) is 74.8 Å². The van der Waals surface area contributed by atoms with E-state index in [0.29, 0.717) is 4.90 Å². The lowest BCUT2D eigenvalue weighted by Gasteiger charge is -2.27. The van der Waals surface area contributed by atoms with E-state index in [0.717, 1.165) is 45.2 Å². The third-order valence-corrected chi connectivity index (χ3v) is 7.48. The zero-order chi connectivity index (χ0) is 15.2. The fraction of sp³-hybridized carbons (Fsp3) is 0.647. The maximum absolute atomic E-state index is 13.2. The summed E-state index contributed by atoms with van der Waals surface area (Å²) < 4.78 is 28.2. The van der Waals surface area contributed by atoms with Crippen LogP contribution in [0.25, 0.3) is 0 Å². The fourth-order valence-electron chi connectivity index (χ4n) is 4.32. The minimum atomic E-state index is -3.36. The average molecular weight is 320 g/mol. The maximum Gasteiger partial charge on any atom is 0.243 e. The Balaban J connectivity index is 1.71. The predicted molar refractivity (Wildman–Crippen MR) is 86.4 cm³/mol. The van der Waals surface area contributed by atoms with Crippen LogP contribution in [0.4, 0.5) is 0 Å². The van der Waals surface area contributed by atoms with Crippen LogP contribution in [0.2, 0.25) is 0 Å². The molecule has 0 radical (unpaired) electrons. The highest BCUT2D eigenvalue weighted by Crippen LogP contribution is 2.34. The van der Waals surface area contributed by atoms with E-state index in [-0.39, 0.29) is 12.1 Å². The van der Waals surface area contributed by atoms with Gasteiger partial charge >= 0.3 is 0 Å². The summed E-state index contributed by atoms with van der Waals surface area (Å²) in [7, 11) is -3.36. The van der Waals surface area contributed by atoms with Crippen LogP contribution in [0.15, 0.2) is 23.1 Å². The minimum Gasteiger partial charge on any atom is -0.315 e. The van der Waals surface area contributed by atoms with Gasteiger partial charge in [0.1, 0.15) is 0 Å². The molecule has 2 atom stereocenters. The molecule has 0 aromatic heterocycles. The quantitative estimate of drug-likeness (QED) is 0.908. The summed E-state index contributed by atoms with van der Waals surface area (Å²) in [5.74, 6) is 0. The molecular weight excluding hydrogens is 296 g/mol. The van der Waals surface area contributed by atoms with Crippen molar-refractivity contribution in [3.8, 4) is 0 Å². The normalized spacial score (nSPS) is 29.1. The molecule has 0 saturated carbocycles. The molecule has 2 saturated heterocycles. The summed E-state index contributed by atoms with van der Waals surface area (Å²) >= 11 is 0. The lowest BCUT2D eigenvalue weighted by atomic mass is 9.92. The Morgan fingerprint density at radius 1 is 1.00 bits per heavy atom. The second-order valence-corrected chi connectivity index (χ2v) is 8.69. The molecule has 3 aliphatic rings. The van der Waals surface area contributed by atoms with Crippen LogP contribution in [0, 0.1) is 0 Å². The molecule has 1 aromatic carbocycles. The number of benzene rings is 1. The molecule has 22 heavy (non-hydrogen) atoms. The van der Waals surface area contributed by atoms with Crippen LogP contribution >= 0.6 is 0 Å². The minimum absolute atomic E-state index is 0.133. The third kappa shape index (κ3) is 2.39. The van der Waals surface area contributed by atoms with Gasteiger partial charge in [-0.3, -0.25) is 0 Å². The zero-order valence-corrected chi connectivity index (χ0v) is 13.7. The van der Waals surface area contributed by atoms with E-state index < -0.39 is 10.0 Å². The van der Waals surface area contributed by atoms with Crippen molar-refractivity contribution in [2.24, 2.45) is 0 Å². The lowest BCUT2D eigenvalue weighted by molar-refractivity contribution is 0.334. The lowest BCUT2D eigenvalue weighted by Crippen LogP contribution is -2.42. The van der Waals surface area contributed by atoms with Crippen molar-refractivity contribution in [3.63, 3.8) is 0 Å². The van der Waals surface area contributed by atoms with Crippen LogP contribution in [-0.2, 0) is 22.9 Å². The van der Waals surface area contributed by atoms with Gasteiger partial charge in [0.15, 0.2) is 0 Å². The highest BCUT2D eigenvalue weighted by atomic mass is 32.2. The number of nitrogens with one attached hydrogen (secondary N) is 1. The van der Waals surface area contributed by atoms with Crippen LogP contribution < -0.4 is 5.32 Å². The molecule has 2 heterocycles. The second-order valence-electron chi connectivity index (χ2n) is 6.85. The van der Waals surface area contributed by atoms with Gasteiger partial charge in [-0.2, -0.15) is 4.31 Å². The predicted octanol–water partition coefficient (Wildman–Crippen LogP) is 2.08. The number of sulfonamides is 1.